The maximum absolute atomic E-state index is 13.1. The van der Waals surface area contributed by atoms with Crippen molar-refractivity contribution in [1.82, 2.24) is 9.21 Å². The summed E-state index contributed by atoms with van der Waals surface area (Å²) >= 11 is 1.21. The molecule has 0 aliphatic carbocycles. The Morgan fingerprint density at radius 3 is 2.32 bits per heavy atom. The van der Waals surface area contributed by atoms with Crippen molar-refractivity contribution in [1.29, 1.82) is 0 Å². The van der Waals surface area contributed by atoms with E-state index in [2.05, 4.69) is 4.90 Å². The van der Waals surface area contributed by atoms with Crippen LogP contribution < -0.4 is 4.90 Å². The van der Waals surface area contributed by atoms with Crippen LogP contribution in [0.25, 0.3) is 0 Å². The van der Waals surface area contributed by atoms with Gasteiger partial charge in [0.15, 0.2) is 5.78 Å². The first kappa shape index (κ1) is 22.0. The van der Waals surface area contributed by atoms with Gasteiger partial charge in [-0.25, -0.2) is 8.42 Å². The van der Waals surface area contributed by atoms with Crippen LogP contribution in [0.3, 0.4) is 0 Å². The van der Waals surface area contributed by atoms with Gasteiger partial charge >= 0.3 is 0 Å². The first-order valence-electron chi connectivity index (χ1n) is 10.5. The van der Waals surface area contributed by atoms with Crippen LogP contribution >= 0.6 is 11.3 Å². The van der Waals surface area contributed by atoms with E-state index in [4.69, 9.17) is 0 Å². The normalized spacial score (nSPS) is 20.6. The lowest BCUT2D eigenvalue weighted by atomic mass is 9.97. The highest BCUT2D eigenvalue weighted by Gasteiger charge is 2.36. The summed E-state index contributed by atoms with van der Waals surface area (Å²) in [4.78, 5) is 28.7. The molecule has 0 spiro atoms. The highest BCUT2D eigenvalue weighted by molar-refractivity contribution is 7.91. The maximum Gasteiger partial charge on any atom is 0.252 e. The molecular formula is C22H27N3O4S2. The van der Waals surface area contributed by atoms with Crippen LogP contribution in [0.1, 0.15) is 30.1 Å². The minimum absolute atomic E-state index is 0.0459. The fourth-order valence-corrected chi connectivity index (χ4v) is 6.92. The molecular weight excluding hydrogens is 434 g/mol. The zero-order valence-electron chi connectivity index (χ0n) is 17.6. The molecule has 2 saturated heterocycles. The van der Waals surface area contributed by atoms with Crippen molar-refractivity contribution in [3.8, 4) is 0 Å². The third-order valence-corrected chi connectivity index (χ3v) is 9.29. The number of benzene rings is 1. The number of carbonyl (C=O) groups excluding carboxylic acids is 2. The number of nitrogens with zero attached hydrogens (tertiary/aromatic N) is 3. The molecule has 2 aromatic rings. The molecule has 0 unspecified atom stereocenters. The molecule has 2 fully saturated rings. The van der Waals surface area contributed by atoms with Gasteiger partial charge in [-0.1, -0.05) is 6.07 Å². The van der Waals surface area contributed by atoms with E-state index >= 15 is 0 Å². The summed E-state index contributed by atoms with van der Waals surface area (Å²) in [5, 5.41) is 1.76. The second-order valence-corrected chi connectivity index (χ2v) is 11.2. The number of Topliss-reactive ketones (excluding diaryl/α,β-unsaturated/α-hetero) is 1. The Hall–Kier alpha value is -2.23. The van der Waals surface area contributed by atoms with E-state index in [0.29, 0.717) is 35.8 Å². The molecule has 0 saturated carbocycles. The summed E-state index contributed by atoms with van der Waals surface area (Å²) in [7, 11) is -3.52. The number of anilines is 1. The van der Waals surface area contributed by atoms with Crippen molar-refractivity contribution in [3.63, 3.8) is 0 Å². The average molecular weight is 462 g/mol. The Kier molecular flexibility index (Phi) is 6.45. The van der Waals surface area contributed by atoms with E-state index in [0.717, 1.165) is 25.2 Å². The maximum atomic E-state index is 13.1. The zero-order valence-corrected chi connectivity index (χ0v) is 19.2. The van der Waals surface area contributed by atoms with Crippen molar-refractivity contribution in [2.75, 3.05) is 44.2 Å². The molecule has 7 nitrogen and oxygen atoms in total. The smallest absolute Gasteiger partial charge is 0.252 e. The van der Waals surface area contributed by atoms with Crippen LogP contribution in [0, 0.1) is 5.92 Å². The second kappa shape index (κ2) is 9.10. The molecule has 0 bridgehead atoms. The number of ketones is 1. The Morgan fingerprint density at radius 2 is 1.71 bits per heavy atom. The van der Waals surface area contributed by atoms with Crippen molar-refractivity contribution in [2.24, 2.45) is 5.92 Å². The highest BCUT2D eigenvalue weighted by Crippen LogP contribution is 2.28. The number of amides is 1. The van der Waals surface area contributed by atoms with Gasteiger partial charge in [0.2, 0.25) is 5.91 Å². The van der Waals surface area contributed by atoms with Crippen LogP contribution in [-0.2, 0) is 14.8 Å². The van der Waals surface area contributed by atoms with Gasteiger partial charge in [-0.05, 0) is 55.5 Å². The van der Waals surface area contributed by atoms with Crippen LogP contribution in [0.5, 0.6) is 0 Å². The van der Waals surface area contributed by atoms with Gasteiger partial charge in [0.05, 0.1) is 5.92 Å². The molecule has 166 valence electrons. The summed E-state index contributed by atoms with van der Waals surface area (Å²) < 4.78 is 27.5. The Bertz CT molecular complexity index is 1030. The van der Waals surface area contributed by atoms with Gasteiger partial charge in [0.25, 0.3) is 10.0 Å². The fraction of sp³-hybridized carbons (Fsp3) is 0.455. The molecule has 0 N–H and O–H groups in total. The molecule has 1 aromatic heterocycles. The quantitative estimate of drug-likeness (QED) is 0.640. The molecule has 9 heteroatoms. The number of hydrogen-bond acceptors (Lipinski definition) is 6. The van der Waals surface area contributed by atoms with E-state index in [1.165, 1.54) is 15.6 Å². The van der Waals surface area contributed by atoms with Crippen molar-refractivity contribution in [2.45, 2.75) is 24.0 Å². The van der Waals surface area contributed by atoms with E-state index in [-0.39, 0.29) is 24.2 Å². The van der Waals surface area contributed by atoms with Crippen LogP contribution in [0.15, 0.2) is 46.0 Å². The zero-order chi connectivity index (χ0) is 22.0. The van der Waals surface area contributed by atoms with E-state index in [1.54, 1.807) is 24.4 Å². The number of thiophene rings is 1. The molecule has 1 aromatic carbocycles. The number of piperidine rings is 1. The number of piperazine rings is 1. The lowest BCUT2D eigenvalue weighted by Gasteiger charge is -2.39. The van der Waals surface area contributed by atoms with Crippen LogP contribution in [-0.4, -0.2) is 68.6 Å². The summed E-state index contributed by atoms with van der Waals surface area (Å²) in [5.41, 5.74) is 1.74. The second-order valence-electron chi connectivity index (χ2n) is 8.05. The fourth-order valence-electron chi connectivity index (χ4n) is 4.25. The lowest BCUT2D eigenvalue weighted by Crippen LogP contribution is -2.53. The topological polar surface area (TPSA) is 78.0 Å². The molecule has 4 rings (SSSR count). The molecule has 31 heavy (non-hydrogen) atoms. The highest BCUT2D eigenvalue weighted by atomic mass is 32.2. The van der Waals surface area contributed by atoms with Crippen molar-refractivity contribution >= 4 is 38.7 Å². The van der Waals surface area contributed by atoms with E-state index < -0.39 is 10.0 Å². The van der Waals surface area contributed by atoms with Crippen LogP contribution in [0.2, 0.25) is 0 Å². The summed E-state index contributed by atoms with van der Waals surface area (Å²) in [6.07, 6.45) is 1.42. The molecule has 2 aliphatic heterocycles. The van der Waals surface area contributed by atoms with Crippen LogP contribution in [0.4, 0.5) is 5.69 Å². The van der Waals surface area contributed by atoms with Gasteiger partial charge in [-0.2, -0.15) is 4.31 Å². The van der Waals surface area contributed by atoms with Gasteiger partial charge in [0, 0.05) is 50.5 Å². The molecule has 3 heterocycles. The van der Waals surface area contributed by atoms with Crippen molar-refractivity contribution in [3.05, 3.63) is 47.3 Å². The Balaban J connectivity index is 1.35. The monoisotopic (exact) mass is 461 g/mol. The lowest BCUT2D eigenvalue weighted by molar-refractivity contribution is -0.137. The first-order valence-corrected chi connectivity index (χ1v) is 12.9. The summed E-state index contributed by atoms with van der Waals surface area (Å²) in [6, 6.07) is 10.9. The third kappa shape index (κ3) is 4.68. The first-order chi connectivity index (χ1) is 14.9. The Morgan fingerprint density at radius 1 is 1.00 bits per heavy atom. The summed E-state index contributed by atoms with van der Waals surface area (Å²) in [5.74, 6) is -0.188. The number of hydrogen-bond donors (Lipinski definition) is 0. The van der Waals surface area contributed by atoms with Gasteiger partial charge < -0.3 is 9.80 Å². The predicted molar refractivity (Wildman–Crippen MR) is 121 cm³/mol. The standard InChI is InChI=1S/C22H27N3O4S2/c1-17(26)18-6-8-20(9-7-18)23-11-13-24(14-12-23)22(27)19-4-2-10-25(16-19)31(28,29)21-5-3-15-30-21/h3,5-9,15,19H,2,4,10-14,16H2,1H3/t19-/m1/s1. The molecule has 1 atom stereocenters. The molecule has 0 radical (unpaired) electrons. The number of rotatable bonds is 5. The van der Waals surface area contributed by atoms with Gasteiger partial charge in [-0.15, -0.1) is 11.3 Å². The Labute approximate surface area is 187 Å². The predicted octanol–water partition coefficient (Wildman–Crippen LogP) is 2.70. The van der Waals surface area contributed by atoms with E-state index in [9.17, 15) is 18.0 Å². The van der Waals surface area contributed by atoms with Gasteiger partial charge in [-0.3, -0.25) is 9.59 Å². The molecule has 1 amide bonds. The third-order valence-electron chi connectivity index (χ3n) is 6.05. The van der Waals surface area contributed by atoms with Crippen molar-refractivity contribution < 1.29 is 18.0 Å². The largest absolute Gasteiger partial charge is 0.368 e. The minimum atomic E-state index is -3.52. The average Bonchev–Trinajstić information content (AvgIpc) is 3.35. The van der Waals surface area contributed by atoms with Gasteiger partial charge in [0.1, 0.15) is 4.21 Å². The number of carbonyl (C=O) groups is 2. The minimum Gasteiger partial charge on any atom is -0.368 e. The van der Waals surface area contributed by atoms with E-state index in [1.807, 2.05) is 29.2 Å². The number of sulfonamides is 1. The molecule has 2 aliphatic rings. The summed E-state index contributed by atoms with van der Waals surface area (Å²) in [6.45, 7) is 4.93. The SMILES string of the molecule is CC(=O)c1ccc(N2CCN(C(=O)[C@@H]3CCCN(S(=O)(=O)c4cccs4)C3)CC2)cc1.